The van der Waals surface area contributed by atoms with E-state index in [0.29, 0.717) is 38.4 Å². The highest BCUT2D eigenvalue weighted by atomic mass is 35.5. The number of halogens is 1. The van der Waals surface area contributed by atoms with Crippen LogP contribution in [0.2, 0.25) is 5.15 Å². The summed E-state index contributed by atoms with van der Waals surface area (Å²) in [6.07, 6.45) is 1.34. The second kappa shape index (κ2) is 8.41. The molecular formula is C20H22ClN11O2. The van der Waals surface area contributed by atoms with Gasteiger partial charge in [-0.2, -0.15) is 15.0 Å². The van der Waals surface area contributed by atoms with Crippen molar-refractivity contribution in [1.82, 2.24) is 40.5 Å². The van der Waals surface area contributed by atoms with Gasteiger partial charge in [0, 0.05) is 13.1 Å². The number of hydrogen-bond acceptors (Lipinski definition) is 10. The fraction of sp³-hybridized carbons (Fsp3) is 0.350. The average Bonchev–Trinajstić information content (AvgIpc) is 3.40. The molecule has 0 aliphatic carbocycles. The molecule has 0 unspecified atom stereocenters. The number of likely N-dealkylation sites (tertiary alicyclic amines) is 1. The number of nitrogen functional groups attached to an aromatic ring is 2. The van der Waals surface area contributed by atoms with E-state index >= 15 is 0 Å². The third kappa shape index (κ3) is 4.17. The van der Waals surface area contributed by atoms with Gasteiger partial charge in [-0.3, -0.25) is 19.9 Å². The number of benzene rings is 1. The van der Waals surface area contributed by atoms with Crippen LogP contribution in [0.25, 0.3) is 11.0 Å². The Morgan fingerprint density at radius 3 is 2.44 bits per heavy atom. The first-order valence-electron chi connectivity index (χ1n) is 10.6. The van der Waals surface area contributed by atoms with Gasteiger partial charge >= 0.3 is 0 Å². The molecule has 0 bridgehead atoms. The van der Waals surface area contributed by atoms with Crippen LogP contribution in [0.15, 0.2) is 29.3 Å². The van der Waals surface area contributed by atoms with Crippen LogP contribution in [-0.2, 0) is 11.3 Å². The predicted molar refractivity (Wildman–Crippen MR) is 125 cm³/mol. The average molecular weight is 484 g/mol. The van der Waals surface area contributed by atoms with Crippen LogP contribution < -0.4 is 22.1 Å². The molecule has 2 aliphatic heterocycles. The summed E-state index contributed by atoms with van der Waals surface area (Å²) in [5.74, 6) is -0.506. The maximum absolute atomic E-state index is 12.8. The summed E-state index contributed by atoms with van der Waals surface area (Å²) in [4.78, 5) is 40.7. The van der Waals surface area contributed by atoms with E-state index in [1.54, 1.807) is 4.90 Å². The predicted octanol–water partition coefficient (Wildman–Crippen LogP) is -0.210. The summed E-state index contributed by atoms with van der Waals surface area (Å²) in [6, 6.07) is 7.49. The van der Waals surface area contributed by atoms with Crippen LogP contribution in [0.4, 0.5) is 11.6 Å². The van der Waals surface area contributed by atoms with Gasteiger partial charge in [0.05, 0.1) is 12.1 Å². The minimum atomic E-state index is -0.595. The van der Waals surface area contributed by atoms with Crippen molar-refractivity contribution in [2.24, 2.45) is 4.99 Å². The van der Waals surface area contributed by atoms with Crippen molar-refractivity contribution in [3.8, 4) is 0 Å². The third-order valence-electron chi connectivity index (χ3n) is 5.95. The number of guanidine groups is 1. The van der Waals surface area contributed by atoms with E-state index in [4.69, 9.17) is 23.1 Å². The van der Waals surface area contributed by atoms with E-state index in [9.17, 15) is 9.59 Å². The minimum Gasteiger partial charge on any atom is -0.382 e. The number of nitrogens with zero attached hydrogens (tertiary/aromatic N) is 7. The molecule has 34 heavy (non-hydrogen) atoms. The van der Waals surface area contributed by atoms with E-state index in [1.807, 2.05) is 24.3 Å². The van der Waals surface area contributed by atoms with Gasteiger partial charge in [-0.05, 0) is 25.0 Å². The van der Waals surface area contributed by atoms with E-state index in [-0.39, 0.29) is 40.5 Å². The lowest BCUT2D eigenvalue weighted by atomic mass is 9.88. The SMILES string of the molecule is Nc1nc(N)c(C(=O)NC2=NCC3(CCN(C(=O)Cn4nc5ccccc5n4)CC3)N2)nc1Cl. The minimum absolute atomic E-state index is 0.0446. The molecule has 2 amide bonds. The van der Waals surface area contributed by atoms with Crippen LogP contribution >= 0.6 is 11.6 Å². The second-order valence-electron chi connectivity index (χ2n) is 8.26. The standard InChI is InChI=1S/C20H22ClN11O2/c21-15-17(23)26-16(22)14(25-15)18(34)27-19-24-10-20(28-19)5-7-31(8-6-20)13(33)9-32-29-11-3-1-2-4-12(11)30-32/h1-4H,5-10H2,(H4,22,23,26)(H2,24,27,28,34). The molecule has 176 valence electrons. The summed E-state index contributed by atoms with van der Waals surface area (Å²) in [5.41, 5.74) is 12.3. The van der Waals surface area contributed by atoms with Crippen molar-refractivity contribution in [2.45, 2.75) is 24.9 Å². The monoisotopic (exact) mass is 483 g/mol. The zero-order valence-electron chi connectivity index (χ0n) is 18.0. The number of anilines is 2. The molecule has 1 aromatic carbocycles. The molecule has 2 aromatic heterocycles. The van der Waals surface area contributed by atoms with Gasteiger partial charge in [-0.1, -0.05) is 23.7 Å². The van der Waals surface area contributed by atoms with Crippen molar-refractivity contribution in [3.63, 3.8) is 0 Å². The van der Waals surface area contributed by atoms with Crippen LogP contribution in [0.3, 0.4) is 0 Å². The number of aliphatic imine (C=N–C) groups is 1. The van der Waals surface area contributed by atoms with Gasteiger partial charge < -0.3 is 21.7 Å². The number of hydrogen-bond donors (Lipinski definition) is 4. The van der Waals surface area contributed by atoms with Crippen molar-refractivity contribution >= 4 is 52.0 Å². The number of amides is 2. The summed E-state index contributed by atoms with van der Waals surface area (Å²) < 4.78 is 0. The van der Waals surface area contributed by atoms with E-state index < -0.39 is 5.91 Å². The number of piperidine rings is 1. The van der Waals surface area contributed by atoms with Crippen molar-refractivity contribution in [2.75, 3.05) is 31.1 Å². The van der Waals surface area contributed by atoms with Gasteiger partial charge in [-0.15, -0.1) is 0 Å². The maximum atomic E-state index is 12.8. The van der Waals surface area contributed by atoms with Crippen molar-refractivity contribution in [3.05, 3.63) is 35.1 Å². The number of nitrogens with two attached hydrogens (primary N) is 2. The molecule has 3 aromatic rings. The molecule has 1 spiro atoms. The molecule has 0 radical (unpaired) electrons. The quantitative estimate of drug-likeness (QED) is 0.391. The Labute approximate surface area is 198 Å². The molecule has 1 fully saturated rings. The highest BCUT2D eigenvalue weighted by molar-refractivity contribution is 6.31. The van der Waals surface area contributed by atoms with Crippen LogP contribution in [-0.4, -0.2) is 72.8 Å². The highest BCUT2D eigenvalue weighted by Crippen LogP contribution is 2.26. The highest BCUT2D eigenvalue weighted by Gasteiger charge is 2.40. The molecule has 4 heterocycles. The van der Waals surface area contributed by atoms with E-state index in [0.717, 1.165) is 11.0 Å². The van der Waals surface area contributed by atoms with Crippen molar-refractivity contribution in [1.29, 1.82) is 0 Å². The van der Waals surface area contributed by atoms with Gasteiger partial charge in [-0.25, -0.2) is 9.97 Å². The van der Waals surface area contributed by atoms with Crippen LogP contribution in [0.1, 0.15) is 23.3 Å². The number of fused-ring (bicyclic) bond motifs is 1. The number of carbonyl (C=O) groups excluding carboxylic acids is 2. The fourth-order valence-electron chi connectivity index (χ4n) is 4.07. The second-order valence-corrected chi connectivity index (χ2v) is 8.62. The molecule has 0 saturated carbocycles. The van der Waals surface area contributed by atoms with E-state index in [1.165, 1.54) is 4.80 Å². The molecule has 0 atom stereocenters. The Morgan fingerprint density at radius 1 is 1.09 bits per heavy atom. The smallest absolute Gasteiger partial charge is 0.280 e. The fourth-order valence-corrected chi connectivity index (χ4v) is 4.20. The van der Waals surface area contributed by atoms with Crippen LogP contribution in [0.5, 0.6) is 0 Å². The molecule has 1 saturated heterocycles. The Hall–Kier alpha value is -4.00. The number of carbonyl (C=O) groups is 2. The number of aromatic nitrogens is 5. The lowest BCUT2D eigenvalue weighted by Gasteiger charge is -2.39. The Balaban J connectivity index is 1.15. The lowest BCUT2D eigenvalue weighted by Crippen LogP contribution is -2.57. The van der Waals surface area contributed by atoms with Gasteiger partial charge in [0.1, 0.15) is 17.6 Å². The number of rotatable bonds is 3. The number of nitrogens with one attached hydrogen (secondary N) is 2. The Kier molecular flexibility index (Phi) is 5.40. The maximum Gasteiger partial charge on any atom is 0.280 e. The normalized spacial score (nSPS) is 17.0. The molecule has 5 rings (SSSR count). The summed E-state index contributed by atoms with van der Waals surface area (Å²) >= 11 is 5.85. The zero-order chi connectivity index (χ0) is 23.9. The molecule has 14 heteroatoms. The first-order valence-corrected chi connectivity index (χ1v) is 11.0. The van der Waals surface area contributed by atoms with Gasteiger partial charge in [0.15, 0.2) is 28.4 Å². The first kappa shape index (κ1) is 21.8. The first-order chi connectivity index (χ1) is 16.3. The van der Waals surface area contributed by atoms with Gasteiger partial charge in [0.2, 0.25) is 5.91 Å². The summed E-state index contributed by atoms with van der Waals surface area (Å²) in [7, 11) is 0. The lowest BCUT2D eigenvalue weighted by molar-refractivity contribution is -0.133. The zero-order valence-corrected chi connectivity index (χ0v) is 18.8. The van der Waals surface area contributed by atoms with E-state index in [2.05, 4.69) is 35.8 Å². The summed E-state index contributed by atoms with van der Waals surface area (Å²) in [5, 5.41) is 14.5. The molecule has 6 N–H and O–H groups in total. The topological polar surface area (TPSA) is 182 Å². The molecule has 2 aliphatic rings. The van der Waals surface area contributed by atoms with Gasteiger partial charge in [0.25, 0.3) is 5.91 Å². The Morgan fingerprint density at radius 2 is 1.76 bits per heavy atom. The molecule has 13 nitrogen and oxygen atoms in total. The Bertz CT molecular complexity index is 1280. The summed E-state index contributed by atoms with van der Waals surface area (Å²) in [6.45, 7) is 1.66. The largest absolute Gasteiger partial charge is 0.382 e. The third-order valence-corrected chi connectivity index (χ3v) is 6.23. The van der Waals surface area contributed by atoms with Crippen molar-refractivity contribution < 1.29 is 9.59 Å². The van der Waals surface area contributed by atoms with Crippen LogP contribution in [0, 0.1) is 0 Å². The molecular weight excluding hydrogens is 462 g/mol.